The molecule has 0 saturated carbocycles. The Hall–Kier alpha value is -3.70. The monoisotopic (exact) mass is 472 g/mol. The Bertz CT molecular complexity index is 1340. The normalized spacial score (nSPS) is 15.1. The van der Waals surface area contributed by atoms with Gasteiger partial charge in [0.05, 0.1) is 0 Å². The SMILES string of the molecule is C=CCOc1ccc([C@@H]2c3[nH]c4ccc(Cl)cc4c3CCN2C(=O)Oc2ccc(C)cc2)cc1. The summed E-state index contributed by atoms with van der Waals surface area (Å²) in [5, 5.41) is 1.78. The minimum Gasteiger partial charge on any atom is -0.490 e. The number of aromatic nitrogens is 1. The van der Waals surface area contributed by atoms with E-state index in [0.29, 0.717) is 30.3 Å². The molecule has 3 aromatic carbocycles. The van der Waals surface area contributed by atoms with Crippen LogP contribution in [0, 0.1) is 6.92 Å². The maximum absolute atomic E-state index is 13.4. The van der Waals surface area contributed by atoms with E-state index in [2.05, 4.69) is 11.6 Å². The van der Waals surface area contributed by atoms with E-state index in [1.807, 2.05) is 73.7 Å². The van der Waals surface area contributed by atoms with Crippen molar-refractivity contribution in [2.75, 3.05) is 13.2 Å². The minimum absolute atomic E-state index is 0.332. The molecule has 1 aliphatic heterocycles. The summed E-state index contributed by atoms with van der Waals surface area (Å²) in [6.07, 6.45) is 2.03. The van der Waals surface area contributed by atoms with Crippen LogP contribution in [0.25, 0.3) is 10.9 Å². The average Bonchev–Trinajstić information content (AvgIpc) is 3.21. The third kappa shape index (κ3) is 4.27. The molecule has 1 N–H and O–H groups in total. The quantitative estimate of drug-likeness (QED) is 0.323. The van der Waals surface area contributed by atoms with Crippen LogP contribution in [0.4, 0.5) is 4.79 Å². The van der Waals surface area contributed by atoms with Gasteiger partial charge in [0.25, 0.3) is 0 Å². The molecule has 1 aliphatic rings. The summed E-state index contributed by atoms with van der Waals surface area (Å²) in [5.41, 5.74) is 5.22. The topological polar surface area (TPSA) is 54.6 Å². The number of carbonyl (C=O) groups is 1. The van der Waals surface area contributed by atoms with Crippen molar-refractivity contribution in [3.63, 3.8) is 0 Å². The molecular formula is C28H25ClN2O3. The lowest BCUT2D eigenvalue weighted by molar-refractivity contribution is 0.135. The lowest BCUT2D eigenvalue weighted by Gasteiger charge is -2.35. The molecular weight excluding hydrogens is 448 g/mol. The third-order valence-electron chi connectivity index (χ3n) is 6.11. The summed E-state index contributed by atoms with van der Waals surface area (Å²) < 4.78 is 11.4. The highest BCUT2D eigenvalue weighted by Crippen LogP contribution is 2.40. The average molecular weight is 473 g/mol. The van der Waals surface area contributed by atoms with E-state index in [1.54, 1.807) is 11.0 Å². The molecule has 6 heteroatoms. The van der Waals surface area contributed by atoms with E-state index in [9.17, 15) is 4.79 Å². The van der Waals surface area contributed by atoms with Gasteiger partial charge >= 0.3 is 6.09 Å². The highest BCUT2D eigenvalue weighted by atomic mass is 35.5. The van der Waals surface area contributed by atoms with Crippen molar-refractivity contribution >= 4 is 28.6 Å². The Morgan fingerprint density at radius 3 is 2.59 bits per heavy atom. The molecule has 2 heterocycles. The van der Waals surface area contributed by atoms with Crippen molar-refractivity contribution < 1.29 is 14.3 Å². The van der Waals surface area contributed by atoms with E-state index in [-0.39, 0.29) is 12.1 Å². The number of carbonyl (C=O) groups excluding carboxylic acids is 1. The van der Waals surface area contributed by atoms with Crippen molar-refractivity contribution in [1.82, 2.24) is 9.88 Å². The second kappa shape index (κ2) is 9.27. The summed E-state index contributed by atoms with van der Waals surface area (Å²) >= 11 is 6.29. The van der Waals surface area contributed by atoms with E-state index >= 15 is 0 Å². The first-order chi connectivity index (χ1) is 16.5. The number of nitrogens with one attached hydrogen (secondary N) is 1. The maximum Gasteiger partial charge on any atom is 0.416 e. The summed E-state index contributed by atoms with van der Waals surface area (Å²) in [6.45, 7) is 6.65. The van der Waals surface area contributed by atoms with Crippen LogP contribution in [-0.4, -0.2) is 29.1 Å². The fraction of sp³-hybridized carbons (Fsp3) is 0.179. The largest absolute Gasteiger partial charge is 0.490 e. The van der Waals surface area contributed by atoms with E-state index < -0.39 is 0 Å². The number of amides is 1. The molecule has 5 rings (SSSR count). The van der Waals surface area contributed by atoms with Crippen molar-refractivity contribution in [2.45, 2.75) is 19.4 Å². The van der Waals surface area contributed by atoms with E-state index in [0.717, 1.165) is 33.5 Å². The number of hydrogen-bond donors (Lipinski definition) is 1. The minimum atomic E-state index is -0.386. The number of benzene rings is 3. The number of aromatic amines is 1. The molecule has 0 saturated heterocycles. The number of fused-ring (bicyclic) bond motifs is 3. The number of nitrogens with zero attached hydrogens (tertiary/aromatic N) is 1. The first-order valence-corrected chi connectivity index (χ1v) is 11.6. The van der Waals surface area contributed by atoms with Gasteiger partial charge in [-0.2, -0.15) is 0 Å². The van der Waals surface area contributed by atoms with Gasteiger partial charge < -0.3 is 14.5 Å². The Kier molecular flexibility index (Phi) is 6.03. The standard InChI is InChI=1S/C28H25ClN2O3/c1-3-16-33-21-11-6-19(7-12-21)27-26-23(24-17-20(29)8-13-25(24)30-26)14-15-31(27)28(32)34-22-9-4-18(2)5-10-22/h3-13,17,27,30H,1,14-16H2,2H3/t27-/m1/s1. The fourth-order valence-corrected chi connectivity index (χ4v) is 4.64. The molecule has 5 nitrogen and oxygen atoms in total. The highest BCUT2D eigenvalue weighted by Gasteiger charge is 2.35. The van der Waals surface area contributed by atoms with Gasteiger partial charge in [0.1, 0.15) is 24.1 Å². The molecule has 0 aliphatic carbocycles. The lowest BCUT2D eigenvalue weighted by Crippen LogP contribution is -2.42. The van der Waals surface area contributed by atoms with Crippen LogP contribution in [0.5, 0.6) is 11.5 Å². The molecule has 4 aromatic rings. The zero-order valence-electron chi connectivity index (χ0n) is 18.9. The summed E-state index contributed by atoms with van der Waals surface area (Å²) in [5.74, 6) is 1.27. The second-order valence-corrected chi connectivity index (χ2v) is 8.84. The molecule has 0 bridgehead atoms. The van der Waals surface area contributed by atoms with Gasteiger partial charge in [-0.15, -0.1) is 0 Å². The van der Waals surface area contributed by atoms with Crippen molar-refractivity contribution in [2.24, 2.45) is 0 Å². The molecule has 172 valence electrons. The fourth-order valence-electron chi connectivity index (χ4n) is 4.47. The number of H-pyrrole nitrogens is 1. The summed E-state index contributed by atoms with van der Waals surface area (Å²) in [4.78, 5) is 18.7. The molecule has 0 radical (unpaired) electrons. The van der Waals surface area contributed by atoms with Gasteiger partial charge in [0, 0.05) is 28.2 Å². The number of aryl methyl sites for hydroxylation is 1. The lowest BCUT2D eigenvalue weighted by atomic mass is 9.92. The Morgan fingerprint density at radius 1 is 1.12 bits per heavy atom. The second-order valence-electron chi connectivity index (χ2n) is 8.40. The molecule has 1 aromatic heterocycles. The smallest absolute Gasteiger partial charge is 0.416 e. The summed E-state index contributed by atoms with van der Waals surface area (Å²) in [7, 11) is 0. The molecule has 0 spiro atoms. The van der Waals surface area contributed by atoms with Gasteiger partial charge in [-0.25, -0.2) is 4.79 Å². The first-order valence-electron chi connectivity index (χ1n) is 11.2. The maximum atomic E-state index is 13.4. The Labute approximate surface area is 203 Å². The molecule has 0 unspecified atom stereocenters. The number of hydrogen-bond acceptors (Lipinski definition) is 3. The van der Waals surface area contributed by atoms with Gasteiger partial charge in [-0.05, 0) is 66.9 Å². The van der Waals surface area contributed by atoms with Crippen LogP contribution >= 0.6 is 11.6 Å². The molecule has 0 fully saturated rings. The van der Waals surface area contributed by atoms with Gasteiger partial charge in [-0.1, -0.05) is 54.1 Å². The van der Waals surface area contributed by atoms with Gasteiger partial charge in [0.2, 0.25) is 0 Å². The van der Waals surface area contributed by atoms with Gasteiger partial charge in [-0.3, -0.25) is 4.90 Å². The number of halogens is 1. The van der Waals surface area contributed by atoms with Crippen LogP contribution in [-0.2, 0) is 6.42 Å². The zero-order chi connectivity index (χ0) is 23.7. The Morgan fingerprint density at radius 2 is 1.85 bits per heavy atom. The molecule has 1 amide bonds. The summed E-state index contributed by atoms with van der Waals surface area (Å²) in [6, 6.07) is 20.8. The molecule has 34 heavy (non-hydrogen) atoms. The highest BCUT2D eigenvalue weighted by molar-refractivity contribution is 6.31. The van der Waals surface area contributed by atoms with Crippen LogP contribution in [0.3, 0.4) is 0 Å². The predicted octanol–water partition coefficient (Wildman–Crippen LogP) is 6.84. The first kappa shape index (κ1) is 22.1. The van der Waals surface area contributed by atoms with Crippen LogP contribution in [0.15, 0.2) is 79.4 Å². The predicted molar refractivity (Wildman–Crippen MR) is 135 cm³/mol. The Balaban J connectivity index is 1.54. The van der Waals surface area contributed by atoms with Gasteiger partial charge in [0.15, 0.2) is 0 Å². The van der Waals surface area contributed by atoms with Crippen molar-refractivity contribution in [3.05, 3.63) is 107 Å². The third-order valence-corrected chi connectivity index (χ3v) is 6.35. The number of rotatable bonds is 5. The van der Waals surface area contributed by atoms with E-state index in [1.165, 1.54) is 5.56 Å². The van der Waals surface area contributed by atoms with Crippen LogP contribution in [0.2, 0.25) is 5.02 Å². The number of ether oxygens (including phenoxy) is 2. The van der Waals surface area contributed by atoms with Crippen molar-refractivity contribution in [3.8, 4) is 11.5 Å². The van der Waals surface area contributed by atoms with Crippen molar-refractivity contribution in [1.29, 1.82) is 0 Å². The van der Waals surface area contributed by atoms with Crippen LogP contribution < -0.4 is 9.47 Å². The molecule has 1 atom stereocenters. The zero-order valence-corrected chi connectivity index (χ0v) is 19.6. The van der Waals surface area contributed by atoms with Crippen LogP contribution in [0.1, 0.15) is 28.4 Å². The van der Waals surface area contributed by atoms with E-state index in [4.69, 9.17) is 21.1 Å².